The fourth-order valence-corrected chi connectivity index (χ4v) is 3.87. The number of rotatable bonds is 9. The minimum atomic E-state index is -0.150. The average Bonchev–Trinajstić information content (AvgIpc) is 3.17. The SMILES string of the molecule is COc1ccccc1Cn1c(CCNC(=O)COc2cc(C)ccc2C)nc2ccccc21. The monoisotopic (exact) mass is 443 g/mol. The highest BCUT2D eigenvalue weighted by Gasteiger charge is 2.13. The quantitative estimate of drug-likeness (QED) is 0.415. The van der Waals surface area contributed by atoms with Crippen molar-refractivity contribution < 1.29 is 14.3 Å². The highest BCUT2D eigenvalue weighted by Crippen LogP contribution is 2.23. The van der Waals surface area contributed by atoms with Gasteiger partial charge in [0, 0.05) is 18.5 Å². The fourth-order valence-electron chi connectivity index (χ4n) is 3.87. The Morgan fingerprint density at radius 3 is 2.64 bits per heavy atom. The lowest BCUT2D eigenvalue weighted by Crippen LogP contribution is -2.31. The van der Waals surface area contributed by atoms with Gasteiger partial charge in [-0.3, -0.25) is 4.79 Å². The highest BCUT2D eigenvalue weighted by molar-refractivity contribution is 5.78. The van der Waals surface area contributed by atoms with Gasteiger partial charge in [-0.2, -0.15) is 0 Å². The predicted molar refractivity (Wildman–Crippen MR) is 130 cm³/mol. The second-order valence-corrected chi connectivity index (χ2v) is 8.07. The minimum absolute atomic E-state index is 0.0120. The van der Waals surface area contributed by atoms with Crippen LogP contribution < -0.4 is 14.8 Å². The van der Waals surface area contributed by atoms with Crippen molar-refractivity contribution in [2.45, 2.75) is 26.8 Å². The van der Waals surface area contributed by atoms with Crippen LogP contribution in [0.1, 0.15) is 22.5 Å². The van der Waals surface area contributed by atoms with E-state index in [1.807, 2.05) is 68.4 Å². The van der Waals surface area contributed by atoms with E-state index in [9.17, 15) is 4.79 Å². The predicted octanol–water partition coefficient (Wildman–Crippen LogP) is 4.45. The first kappa shape index (κ1) is 22.4. The average molecular weight is 444 g/mol. The van der Waals surface area contributed by atoms with Crippen molar-refractivity contribution in [1.82, 2.24) is 14.9 Å². The zero-order chi connectivity index (χ0) is 23.2. The van der Waals surface area contributed by atoms with E-state index in [-0.39, 0.29) is 12.5 Å². The maximum atomic E-state index is 12.4. The number of amides is 1. The third-order valence-electron chi connectivity index (χ3n) is 5.63. The van der Waals surface area contributed by atoms with Gasteiger partial charge in [-0.15, -0.1) is 0 Å². The Kier molecular flexibility index (Phi) is 6.93. The minimum Gasteiger partial charge on any atom is -0.496 e. The molecule has 3 aromatic carbocycles. The number of methoxy groups -OCH3 is 1. The Bertz CT molecular complexity index is 1260. The molecule has 6 heteroatoms. The first-order chi connectivity index (χ1) is 16.0. The summed E-state index contributed by atoms with van der Waals surface area (Å²) in [6.45, 7) is 5.08. The molecular weight excluding hydrogens is 414 g/mol. The molecule has 1 heterocycles. The van der Waals surface area contributed by atoms with Crippen molar-refractivity contribution >= 4 is 16.9 Å². The van der Waals surface area contributed by atoms with Gasteiger partial charge in [0.05, 0.1) is 24.7 Å². The second kappa shape index (κ2) is 10.2. The first-order valence-electron chi connectivity index (χ1n) is 11.1. The van der Waals surface area contributed by atoms with E-state index in [0.29, 0.717) is 19.5 Å². The molecule has 0 bridgehead atoms. The van der Waals surface area contributed by atoms with Crippen LogP contribution in [0.4, 0.5) is 0 Å². The zero-order valence-corrected chi connectivity index (χ0v) is 19.3. The van der Waals surface area contributed by atoms with Gasteiger partial charge in [0.15, 0.2) is 6.61 Å². The largest absolute Gasteiger partial charge is 0.496 e. The summed E-state index contributed by atoms with van der Waals surface area (Å²) in [5.41, 5.74) is 5.19. The summed E-state index contributed by atoms with van der Waals surface area (Å²) < 4.78 is 13.4. The van der Waals surface area contributed by atoms with Gasteiger partial charge in [-0.1, -0.05) is 42.5 Å². The van der Waals surface area contributed by atoms with Gasteiger partial charge in [-0.25, -0.2) is 4.98 Å². The zero-order valence-electron chi connectivity index (χ0n) is 19.3. The smallest absolute Gasteiger partial charge is 0.257 e. The molecule has 1 aromatic heterocycles. The molecule has 0 saturated carbocycles. The summed E-state index contributed by atoms with van der Waals surface area (Å²) in [6.07, 6.45) is 0.610. The Morgan fingerprint density at radius 2 is 1.79 bits per heavy atom. The van der Waals surface area contributed by atoms with Gasteiger partial charge in [-0.05, 0) is 49.2 Å². The van der Waals surface area contributed by atoms with Crippen molar-refractivity contribution in [3.05, 3.63) is 89.2 Å². The van der Waals surface area contributed by atoms with Crippen LogP contribution in [-0.2, 0) is 17.8 Å². The van der Waals surface area contributed by atoms with Crippen LogP contribution in [0, 0.1) is 13.8 Å². The first-order valence-corrected chi connectivity index (χ1v) is 11.1. The normalized spacial score (nSPS) is 10.9. The number of benzene rings is 3. The molecule has 170 valence electrons. The molecule has 0 saturated heterocycles. The number of aromatic nitrogens is 2. The molecule has 0 unspecified atom stereocenters. The number of fused-ring (bicyclic) bond motifs is 1. The molecule has 1 N–H and O–H groups in total. The van der Waals surface area contributed by atoms with Gasteiger partial charge in [0.1, 0.15) is 17.3 Å². The van der Waals surface area contributed by atoms with Crippen LogP contribution in [0.2, 0.25) is 0 Å². The van der Waals surface area contributed by atoms with E-state index >= 15 is 0 Å². The lowest BCUT2D eigenvalue weighted by Gasteiger charge is -2.13. The van der Waals surface area contributed by atoms with Gasteiger partial charge in [0.2, 0.25) is 0 Å². The number of aryl methyl sites for hydroxylation is 2. The second-order valence-electron chi connectivity index (χ2n) is 8.07. The van der Waals surface area contributed by atoms with Crippen molar-refractivity contribution in [2.24, 2.45) is 0 Å². The Hall–Kier alpha value is -3.80. The molecule has 0 aliphatic heterocycles. The number of imidazole rings is 1. The van der Waals surface area contributed by atoms with Gasteiger partial charge >= 0.3 is 0 Å². The van der Waals surface area contributed by atoms with E-state index in [1.54, 1.807) is 7.11 Å². The summed E-state index contributed by atoms with van der Waals surface area (Å²) in [7, 11) is 1.68. The van der Waals surface area contributed by atoms with Crippen LogP contribution in [-0.4, -0.2) is 35.7 Å². The molecule has 1 amide bonds. The van der Waals surface area contributed by atoms with E-state index in [4.69, 9.17) is 14.5 Å². The number of nitrogens with zero attached hydrogens (tertiary/aromatic N) is 2. The highest BCUT2D eigenvalue weighted by atomic mass is 16.5. The van der Waals surface area contributed by atoms with E-state index in [0.717, 1.165) is 45.0 Å². The summed E-state index contributed by atoms with van der Waals surface area (Å²) in [5.74, 6) is 2.35. The van der Waals surface area contributed by atoms with E-state index in [2.05, 4.69) is 22.0 Å². The molecule has 4 rings (SSSR count). The fraction of sp³-hybridized carbons (Fsp3) is 0.259. The number of carbonyl (C=O) groups is 1. The van der Waals surface area contributed by atoms with Crippen molar-refractivity contribution in [1.29, 1.82) is 0 Å². The summed E-state index contributed by atoms with van der Waals surface area (Å²) in [5, 5.41) is 2.95. The molecule has 0 radical (unpaired) electrons. The van der Waals surface area contributed by atoms with Crippen LogP contribution in [0.5, 0.6) is 11.5 Å². The number of hydrogen-bond acceptors (Lipinski definition) is 4. The van der Waals surface area contributed by atoms with E-state index < -0.39 is 0 Å². The lowest BCUT2D eigenvalue weighted by molar-refractivity contribution is -0.123. The molecule has 0 atom stereocenters. The standard InChI is InChI=1S/C27H29N3O3/c1-19-12-13-20(2)25(16-19)33-18-27(31)28-15-14-26-29-22-9-5-6-10-23(22)30(26)17-21-8-4-7-11-24(21)32-3/h4-13,16H,14-15,17-18H2,1-3H3,(H,28,31). The Morgan fingerprint density at radius 1 is 1.00 bits per heavy atom. The number of nitrogens with one attached hydrogen (secondary N) is 1. The van der Waals surface area contributed by atoms with Crippen LogP contribution in [0.25, 0.3) is 11.0 Å². The summed E-state index contributed by atoms with van der Waals surface area (Å²) in [6, 6.07) is 22.0. The Labute approximate surface area is 194 Å². The molecule has 0 fully saturated rings. The molecule has 0 spiro atoms. The Balaban J connectivity index is 1.42. The topological polar surface area (TPSA) is 65.4 Å². The molecule has 33 heavy (non-hydrogen) atoms. The van der Waals surface area contributed by atoms with Gasteiger partial charge < -0.3 is 19.4 Å². The van der Waals surface area contributed by atoms with Crippen LogP contribution in [0.15, 0.2) is 66.7 Å². The maximum absolute atomic E-state index is 12.4. The van der Waals surface area contributed by atoms with E-state index in [1.165, 1.54) is 0 Å². The molecule has 6 nitrogen and oxygen atoms in total. The van der Waals surface area contributed by atoms with Crippen molar-refractivity contribution in [2.75, 3.05) is 20.3 Å². The number of carbonyl (C=O) groups excluding carboxylic acids is 1. The number of ether oxygens (including phenoxy) is 2. The molecule has 0 aliphatic rings. The third-order valence-corrected chi connectivity index (χ3v) is 5.63. The van der Waals surface area contributed by atoms with Crippen molar-refractivity contribution in [3.63, 3.8) is 0 Å². The number of hydrogen-bond donors (Lipinski definition) is 1. The molecular formula is C27H29N3O3. The van der Waals surface area contributed by atoms with Gasteiger partial charge in [0.25, 0.3) is 5.91 Å². The third kappa shape index (κ3) is 5.34. The van der Waals surface area contributed by atoms with Crippen LogP contribution in [0.3, 0.4) is 0 Å². The number of para-hydroxylation sites is 3. The molecule has 4 aromatic rings. The molecule has 0 aliphatic carbocycles. The lowest BCUT2D eigenvalue weighted by atomic mass is 10.1. The van der Waals surface area contributed by atoms with Crippen molar-refractivity contribution in [3.8, 4) is 11.5 Å². The summed E-state index contributed by atoms with van der Waals surface area (Å²) in [4.78, 5) is 17.2. The maximum Gasteiger partial charge on any atom is 0.257 e. The summed E-state index contributed by atoms with van der Waals surface area (Å²) >= 11 is 0. The van der Waals surface area contributed by atoms with Crippen LogP contribution >= 0.6 is 0 Å².